The van der Waals surface area contributed by atoms with Gasteiger partial charge in [-0.15, -0.1) is 11.6 Å². The van der Waals surface area contributed by atoms with Crippen molar-refractivity contribution in [3.05, 3.63) is 6.33 Å². The summed E-state index contributed by atoms with van der Waals surface area (Å²) in [6.45, 7) is -0.184. The lowest BCUT2D eigenvalue weighted by Gasteiger charge is -2.27. The molecule has 5 N–H and O–H groups in total. The zero-order valence-electron chi connectivity index (χ0n) is 16.2. The van der Waals surface area contributed by atoms with Crippen molar-refractivity contribution in [3.8, 4) is 5.88 Å². The van der Waals surface area contributed by atoms with E-state index in [-0.39, 0.29) is 29.6 Å². The van der Waals surface area contributed by atoms with Gasteiger partial charge >= 0.3 is 5.97 Å². The highest BCUT2D eigenvalue weighted by atomic mass is 35.5. The molecule has 1 aliphatic rings. The van der Waals surface area contributed by atoms with E-state index in [4.69, 9.17) is 36.4 Å². The summed E-state index contributed by atoms with van der Waals surface area (Å²) in [5.74, 6) is -1.23. The molecule has 2 aromatic rings. The number of aliphatic hydroxyl groups is 1. The van der Waals surface area contributed by atoms with Gasteiger partial charge in [-0.1, -0.05) is 0 Å². The van der Waals surface area contributed by atoms with Gasteiger partial charge in [0.05, 0.1) is 19.5 Å². The maximum absolute atomic E-state index is 14.0. The minimum Gasteiger partial charge on any atom is -0.480 e. The number of nitrogens with one attached hydrogen (secondary N) is 1. The second-order valence-electron chi connectivity index (χ2n) is 6.52. The minimum absolute atomic E-state index is 0.116. The number of fused-ring (bicyclic) bond motifs is 1. The van der Waals surface area contributed by atoms with Gasteiger partial charge in [-0.05, 0) is 6.92 Å². The molecule has 3 heterocycles. The van der Waals surface area contributed by atoms with E-state index >= 15 is 0 Å². The van der Waals surface area contributed by atoms with Crippen LogP contribution in [0.3, 0.4) is 0 Å². The first kappa shape index (κ1) is 23.6. The predicted molar refractivity (Wildman–Crippen MR) is 106 cm³/mol. The van der Waals surface area contributed by atoms with Crippen LogP contribution >= 0.6 is 19.8 Å². The topological polar surface area (TPSA) is 184 Å². The molecule has 1 fully saturated rings. The van der Waals surface area contributed by atoms with Gasteiger partial charge in [-0.25, -0.2) is 14.5 Å². The Bertz CT molecular complexity index is 983. The molecule has 0 radical (unpaired) electrons. The van der Waals surface area contributed by atoms with Gasteiger partial charge in [-0.2, -0.15) is 9.97 Å². The van der Waals surface area contributed by atoms with E-state index in [0.717, 1.165) is 0 Å². The third-order valence-electron chi connectivity index (χ3n) is 4.47. The van der Waals surface area contributed by atoms with Crippen LogP contribution in [0.1, 0.15) is 13.2 Å². The van der Waals surface area contributed by atoms with Crippen LogP contribution in [0.15, 0.2) is 6.33 Å². The number of aliphatic carboxylic acids is 1. The molecular formula is C15H21ClFN6O7P. The molecule has 0 bridgehead atoms. The molecule has 2 aromatic heterocycles. The van der Waals surface area contributed by atoms with Crippen LogP contribution < -0.4 is 15.6 Å². The Hall–Kier alpha value is -2.09. The number of aliphatic hydroxyl groups excluding tert-OH is 1. The van der Waals surface area contributed by atoms with Crippen LogP contribution in [-0.2, 0) is 18.6 Å². The van der Waals surface area contributed by atoms with Gasteiger partial charge in [0, 0.05) is 0 Å². The first-order chi connectivity index (χ1) is 14.7. The fraction of sp³-hybridized carbons (Fsp3) is 0.600. The van der Waals surface area contributed by atoms with Crippen molar-refractivity contribution in [2.75, 3.05) is 32.2 Å². The lowest BCUT2D eigenvalue weighted by molar-refractivity contribution is -0.135. The summed E-state index contributed by atoms with van der Waals surface area (Å²) in [4.78, 5) is 20.8. The number of aromatic nitrogens is 4. The number of rotatable bonds is 10. The average molecular weight is 483 g/mol. The number of halogens is 2. The molecule has 5 atom stereocenters. The smallest absolute Gasteiger partial charge is 0.317 e. The quantitative estimate of drug-likeness (QED) is 0.265. The van der Waals surface area contributed by atoms with Crippen LogP contribution in [0, 0.1) is 0 Å². The molecule has 1 aliphatic heterocycles. The third kappa shape index (κ3) is 4.73. The minimum atomic E-state index is -2.94. The van der Waals surface area contributed by atoms with E-state index in [1.165, 1.54) is 10.9 Å². The van der Waals surface area contributed by atoms with Crippen molar-refractivity contribution in [3.63, 3.8) is 0 Å². The summed E-state index contributed by atoms with van der Waals surface area (Å²) < 4.78 is 43.1. The number of alkyl halides is 2. The maximum atomic E-state index is 14.0. The van der Waals surface area contributed by atoms with Crippen molar-refractivity contribution in [2.45, 2.75) is 30.2 Å². The summed E-state index contributed by atoms with van der Waals surface area (Å²) in [5, 5.41) is 21.3. The molecule has 0 aliphatic carbocycles. The number of carboxylic acid groups (broad SMARTS) is 1. The number of nitrogen functional groups attached to an aromatic ring is 1. The van der Waals surface area contributed by atoms with E-state index in [2.05, 4.69) is 20.0 Å². The molecule has 0 spiro atoms. The lowest BCUT2D eigenvalue weighted by atomic mass is 10.0. The Balaban J connectivity index is 1.85. The number of carboxylic acids is 1. The number of hydrogen-bond acceptors (Lipinski definition) is 10. The van der Waals surface area contributed by atoms with Crippen molar-refractivity contribution in [1.29, 1.82) is 0 Å². The fourth-order valence-corrected chi connectivity index (χ4v) is 4.06. The van der Waals surface area contributed by atoms with Crippen LogP contribution in [-0.4, -0.2) is 79.2 Å². The zero-order chi connectivity index (χ0) is 22.8. The highest BCUT2D eigenvalue weighted by Crippen LogP contribution is 2.45. The second-order valence-corrected chi connectivity index (χ2v) is 8.44. The summed E-state index contributed by atoms with van der Waals surface area (Å²) in [5.41, 5.74) is 6.10. The van der Waals surface area contributed by atoms with Crippen molar-refractivity contribution in [2.24, 2.45) is 0 Å². The Morgan fingerprint density at radius 1 is 1.55 bits per heavy atom. The highest BCUT2D eigenvalue weighted by Gasteiger charge is 2.57. The van der Waals surface area contributed by atoms with Gasteiger partial charge in [0.15, 0.2) is 17.4 Å². The van der Waals surface area contributed by atoms with Crippen molar-refractivity contribution < 1.29 is 38.0 Å². The number of imidazole rings is 1. The molecule has 0 aromatic carbocycles. The van der Waals surface area contributed by atoms with Crippen LogP contribution in [0.4, 0.5) is 10.3 Å². The number of nitrogens with two attached hydrogens (primary N) is 1. The van der Waals surface area contributed by atoms with Crippen molar-refractivity contribution in [1.82, 2.24) is 24.6 Å². The first-order valence-corrected chi connectivity index (χ1v) is 10.7. The molecule has 16 heteroatoms. The number of nitrogens with zero attached hydrogens (tertiary/aromatic N) is 4. The summed E-state index contributed by atoms with van der Waals surface area (Å²) in [6, 6.07) is 0. The van der Waals surface area contributed by atoms with Crippen LogP contribution in [0.2, 0.25) is 0 Å². The van der Waals surface area contributed by atoms with Crippen LogP contribution in [0.5, 0.6) is 5.88 Å². The normalized spacial score (nSPS) is 26.9. The Kier molecular flexibility index (Phi) is 7.29. The maximum Gasteiger partial charge on any atom is 0.317 e. The van der Waals surface area contributed by atoms with Gasteiger partial charge in [0.2, 0.25) is 11.8 Å². The largest absolute Gasteiger partial charge is 0.480 e. The summed E-state index contributed by atoms with van der Waals surface area (Å²) >= 11 is 6.39. The average Bonchev–Trinajstić information content (AvgIpc) is 3.24. The first-order valence-electron chi connectivity index (χ1n) is 9.04. The molecule has 13 nitrogen and oxygen atoms in total. The fourth-order valence-electron chi connectivity index (χ4n) is 3.05. The van der Waals surface area contributed by atoms with Gasteiger partial charge in [0.1, 0.15) is 30.3 Å². The monoisotopic (exact) mass is 482 g/mol. The Labute approximate surface area is 180 Å². The predicted octanol–water partition coefficient (Wildman–Crippen LogP) is 0.0931. The standard InChI is InChI=1S/C15H21ClFN6O7P/c1-2-28-12-9-11(21-14(18)22-12)23(6-19-9)13-15(16,5-17)10(26)7(30-13)4-29-31(27)20-3-8(24)25/h6-7,10,13,26,31H,2-5H2,1H3,(H,20,27)(H,24,25)(H2,18,21,22)/t7?,10-,13?,15?/m0/s1. The van der Waals surface area contributed by atoms with Gasteiger partial charge < -0.3 is 29.9 Å². The number of hydrogen-bond donors (Lipinski definition) is 4. The van der Waals surface area contributed by atoms with Crippen LogP contribution in [0.25, 0.3) is 11.2 Å². The number of carbonyl (C=O) groups is 1. The third-order valence-corrected chi connectivity index (χ3v) is 5.87. The summed E-state index contributed by atoms with van der Waals surface area (Å²) in [7, 11) is -2.94. The molecular weight excluding hydrogens is 462 g/mol. The van der Waals surface area contributed by atoms with E-state index in [0.29, 0.717) is 0 Å². The van der Waals surface area contributed by atoms with E-state index < -0.39 is 57.3 Å². The molecule has 31 heavy (non-hydrogen) atoms. The number of ether oxygens (including phenoxy) is 2. The number of anilines is 1. The van der Waals surface area contributed by atoms with Gasteiger partial charge in [-0.3, -0.25) is 13.9 Å². The highest BCUT2D eigenvalue weighted by molar-refractivity contribution is 7.36. The Morgan fingerprint density at radius 2 is 2.29 bits per heavy atom. The molecule has 4 unspecified atom stereocenters. The molecule has 0 saturated carbocycles. The lowest BCUT2D eigenvalue weighted by Crippen LogP contribution is -2.44. The second kappa shape index (κ2) is 9.59. The SMILES string of the molecule is CCOc1nc(N)nc2c1ncn2C1OC(CO[PH](=O)NCC(=O)O)[C@H](O)C1(Cl)CF. The zero-order valence-corrected chi connectivity index (χ0v) is 18.0. The summed E-state index contributed by atoms with van der Waals surface area (Å²) in [6.07, 6.45) is -2.76. The van der Waals surface area contributed by atoms with Crippen molar-refractivity contribution >= 4 is 42.9 Å². The molecule has 0 amide bonds. The molecule has 3 rings (SSSR count). The Morgan fingerprint density at radius 3 is 2.94 bits per heavy atom. The molecule has 172 valence electrons. The molecule has 1 saturated heterocycles. The van der Waals surface area contributed by atoms with Gasteiger partial charge in [0.25, 0.3) is 8.18 Å². The van der Waals surface area contributed by atoms with E-state index in [1.807, 2.05) is 0 Å². The van der Waals surface area contributed by atoms with E-state index in [1.54, 1.807) is 6.92 Å². The van der Waals surface area contributed by atoms with E-state index in [9.17, 15) is 18.9 Å².